The van der Waals surface area contributed by atoms with Gasteiger partial charge in [-0.05, 0) is 19.1 Å². The second-order valence-electron chi connectivity index (χ2n) is 5.19. The van der Waals surface area contributed by atoms with E-state index in [9.17, 15) is 14.4 Å². The topological polar surface area (TPSA) is 105 Å². The first-order valence-electron chi connectivity index (χ1n) is 7.06. The molecule has 2 aromatic rings. The summed E-state index contributed by atoms with van der Waals surface area (Å²) in [7, 11) is 0. The number of aryl methyl sites for hydroxylation is 1. The van der Waals surface area contributed by atoms with Gasteiger partial charge < -0.3 is 4.42 Å². The molecule has 2 heterocycles. The maximum Gasteiger partial charge on any atom is 0.322 e. The maximum atomic E-state index is 12.0. The second-order valence-corrected chi connectivity index (χ2v) is 5.19. The number of hydrogen-bond donors (Lipinski definition) is 1. The van der Waals surface area contributed by atoms with Crippen LogP contribution in [-0.4, -0.2) is 32.8 Å². The molecule has 118 valence electrons. The van der Waals surface area contributed by atoms with Crippen LogP contribution >= 0.6 is 0 Å². The first kappa shape index (κ1) is 14.9. The van der Waals surface area contributed by atoms with Gasteiger partial charge in [-0.2, -0.15) is 0 Å². The highest BCUT2D eigenvalue weighted by atomic mass is 16.4. The smallest absolute Gasteiger partial charge is 0.322 e. The quantitative estimate of drug-likeness (QED) is 0.852. The van der Waals surface area contributed by atoms with Crippen LogP contribution in [0.3, 0.4) is 0 Å². The Morgan fingerprint density at radius 1 is 1.17 bits per heavy atom. The van der Waals surface area contributed by atoms with Crippen molar-refractivity contribution in [2.24, 2.45) is 0 Å². The van der Waals surface area contributed by atoms with E-state index in [2.05, 4.69) is 15.5 Å². The Morgan fingerprint density at radius 3 is 2.48 bits per heavy atom. The molecule has 0 aliphatic carbocycles. The molecule has 3 amide bonds. The van der Waals surface area contributed by atoms with Gasteiger partial charge in [0.25, 0.3) is 5.91 Å². The number of likely N-dealkylation sites (tertiary alicyclic amines) is 1. The summed E-state index contributed by atoms with van der Waals surface area (Å²) >= 11 is 0. The van der Waals surface area contributed by atoms with Gasteiger partial charge in [-0.1, -0.05) is 22.8 Å². The van der Waals surface area contributed by atoms with Crippen LogP contribution in [0.25, 0.3) is 0 Å². The third kappa shape index (κ3) is 3.25. The lowest BCUT2D eigenvalue weighted by Gasteiger charge is -2.09. The second kappa shape index (κ2) is 5.99. The fourth-order valence-corrected chi connectivity index (χ4v) is 2.18. The van der Waals surface area contributed by atoms with Gasteiger partial charge >= 0.3 is 6.01 Å². The normalized spacial score (nSPS) is 14.4. The average Bonchev–Trinajstić information content (AvgIpc) is 3.09. The van der Waals surface area contributed by atoms with E-state index in [0.717, 1.165) is 10.5 Å². The van der Waals surface area contributed by atoms with Crippen molar-refractivity contribution < 1.29 is 18.8 Å². The molecule has 8 heteroatoms. The summed E-state index contributed by atoms with van der Waals surface area (Å²) in [6.07, 6.45) is 0.397. The Labute approximate surface area is 131 Å². The molecule has 1 aromatic carbocycles. The predicted molar refractivity (Wildman–Crippen MR) is 78.2 cm³/mol. The standard InChI is InChI=1S/C15H14N4O4/c1-9-2-4-10(5-3-9)14(22)16-15-18-17-11(23-15)8-19-12(20)6-7-13(19)21/h2-5H,6-8H2,1H3,(H,16,18,22). The SMILES string of the molecule is Cc1ccc(C(=O)Nc2nnc(CN3C(=O)CCC3=O)o2)cc1. The predicted octanol–water partition coefficient (Wildman–Crippen LogP) is 1.28. The summed E-state index contributed by atoms with van der Waals surface area (Å²) in [4.78, 5) is 36.2. The zero-order valence-electron chi connectivity index (χ0n) is 12.4. The van der Waals surface area contributed by atoms with Crippen molar-refractivity contribution >= 4 is 23.7 Å². The number of aromatic nitrogens is 2. The van der Waals surface area contributed by atoms with E-state index in [1.54, 1.807) is 12.1 Å². The first-order valence-corrected chi connectivity index (χ1v) is 7.06. The lowest BCUT2D eigenvalue weighted by molar-refractivity contribution is -0.139. The Kier molecular flexibility index (Phi) is 3.88. The number of nitrogens with zero attached hydrogens (tertiary/aromatic N) is 3. The highest BCUT2D eigenvalue weighted by Gasteiger charge is 2.30. The molecule has 1 fully saturated rings. The van der Waals surface area contributed by atoms with Crippen LogP contribution in [0.15, 0.2) is 28.7 Å². The molecule has 1 aliphatic rings. The van der Waals surface area contributed by atoms with Crippen molar-refractivity contribution in [3.8, 4) is 0 Å². The molecule has 0 unspecified atom stereocenters. The lowest BCUT2D eigenvalue weighted by Crippen LogP contribution is -2.28. The Bertz CT molecular complexity index is 750. The van der Waals surface area contributed by atoms with Gasteiger partial charge in [-0.15, -0.1) is 5.10 Å². The highest BCUT2D eigenvalue weighted by molar-refractivity contribution is 6.03. The largest absolute Gasteiger partial charge is 0.406 e. The van der Waals surface area contributed by atoms with Crippen molar-refractivity contribution in [1.82, 2.24) is 15.1 Å². The molecule has 0 bridgehead atoms. The van der Waals surface area contributed by atoms with Crippen molar-refractivity contribution in [2.75, 3.05) is 5.32 Å². The van der Waals surface area contributed by atoms with Crippen molar-refractivity contribution in [3.63, 3.8) is 0 Å². The van der Waals surface area contributed by atoms with E-state index in [1.165, 1.54) is 0 Å². The van der Waals surface area contributed by atoms with E-state index in [1.807, 2.05) is 19.1 Å². The van der Waals surface area contributed by atoms with Crippen molar-refractivity contribution in [3.05, 3.63) is 41.3 Å². The van der Waals surface area contributed by atoms with Gasteiger partial charge in [-0.3, -0.25) is 24.6 Å². The molecule has 1 N–H and O–H groups in total. The third-order valence-electron chi connectivity index (χ3n) is 3.45. The fourth-order valence-electron chi connectivity index (χ4n) is 2.18. The van der Waals surface area contributed by atoms with Crippen LogP contribution in [0.2, 0.25) is 0 Å². The minimum atomic E-state index is -0.381. The highest BCUT2D eigenvalue weighted by Crippen LogP contribution is 2.16. The van der Waals surface area contributed by atoms with Gasteiger partial charge in [0.2, 0.25) is 17.7 Å². The number of hydrogen-bond acceptors (Lipinski definition) is 6. The zero-order chi connectivity index (χ0) is 16.4. The molecule has 0 atom stereocenters. The van der Waals surface area contributed by atoms with Crippen molar-refractivity contribution in [2.45, 2.75) is 26.3 Å². The molecule has 1 saturated heterocycles. The number of carbonyl (C=O) groups excluding carboxylic acids is 3. The maximum absolute atomic E-state index is 12.0. The van der Waals surface area contributed by atoms with E-state index in [-0.39, 0.29) is 49.0 Å². The number of benzene rings is 1. The van der Waals surface area contributed by atoms with Crippen molar-refractivity contribution in [1.29, 1.82) is 0 Å². The number of imide groups is 1. The summed E-state index contributed by atoms with van der Waals surface area (Å²) in [6, 6.07) is 6.93. The minimum absolute atomic E-state index is 0.0783. The van der Waals surface area contributed by atoms with Gasteiger partial charge in [0.05, 0.1) is 0 Å². The Balaban J connectivity index is 1.65. The van der Waals surface area contributed by atoms with Crippen LogP contribution in [0.5, 0.6) is 0 Å². The van der Waals surface area contributed by atoms with Gasteiger partial charge in [0.15, 0.2) is 0 Å². The first-order chi connectivity index (χ1) is 11.0. The molecule has 23 heavy (non-hydrogen) atoms. The number of nitrogens with one attached hydrogen (secondary N) is 1. The van der Waals surface area contributed by atoms with Gasteiger partial charge in [0.1, 0.15) is 6.54 Å². The fraction of sp³-hybridized carbons (Fsp3) is 0.267. The average molecular weight is 314 g/mol. The lowest BCUT2D eigenvalue weighted by atomic mass is 10.1. The summed E-state index contributed by atoms with van der Waals surface area (Å²) in [5, 5.41) is 9.90. The molecule has 0 spiro atoms. The molecular formula is C15H14N4O4. The Hall–Kier alpha value is -3.03. The zero-order valence-corrected chi connectivity index (χ0v) is 12.4. The summed E-state index contributed by atoms with van der Waals surface area (Å²) in [6.45, 7) is 1.85. The summed E-state index contributed by atoms with van der Waals surface area (Å²) < 4.78 is 5.26. The number of amides is 3. The molecule has 3 rings (SSSR count). The number of rotatable bonds is 4. The van der Waals surface area contributed by atoms with Crippen LogP contribution in [0, 0.1) is 6.92 Å². The Morgan fingerprint density at radius 2 is 1.83 bits per heavy atom. The van der Waals surface area contributed by atoms with Crippen LogP contribution in [-0.2, 0) is 16.1 Å². The van der Waals surface area contributed by atoms with E-state index < -0.39 is 0 Å². The molecule has 0 saturated carbocycles. The van der Waals surface area contributed by atoms with Crippen LogP contribution < -0.4 is 5.32 Å². The molecule has 0 radical (unpaired) electrons. The molecule has 1 aromatic heterocycles. The van der Waals surface area contributed by atoms with Gasteiger partial charge in [0, 0.05) is 18.4 Å². The van der Waals surface area contributed by atoms with E-state index in [4.69, 9.17) is 4.42 Å². The monoisotopic (exact) mass is 314 g/mol. The third-order valence-corrected chi connectivity index (χ3v) is 3.45. The van der Waals surface area contributed by atoms with Crippen LogP contribution in [0.1, 0.15) is 34.7 Å². The summed E-state index contributed by atoms with van der Waals surface area (Å²) in [5.74, 6) is -0.821. The molecule has 8 nitrogen and oxygen atoms in total. The van der Waals surface area contributed by atoms with E-state index >= 15 is 0 Å². The summed E-state index contributed by atoms with van der Waals surface area (Å²) in [5.41, 5.74) is 1.50. The van der Waals surface area contributed by atoms with E-state index in [0.29, 0.717) is 5.56 Å². The molecule has 1 aliphatic heterocycles. The molecular weight excluding hydrogens is 300 g/mol. The number of carbonyl (C=O) groups is 3. The minimum Gasteiger partial charge on any atom is -0.406 e. The number of anilines is 1. The van der Waals surface area contributed by atoms with Gasteiger partial charge in [-0.25, -0.2) is 0 Å². The van der Waals surface area contributed by atoms with Crippen LogP contribution in [0.4, 0.5) is 6.01 Å².